The maximum atomic E-state index is 11.5. The maximum absolute atomic E-state index is 11.5. The van der Waals surface area contributed by atoms with E-state index in [2.05, 4.69) is 10.2 Å². The second-order valence-electron chi connectivity index (χ2n) is 7.37. The van der Waals surface area contributed by atoms with E-state index in [1.807, 2.05) is 6.92 Å². The number of aliphatic carboxylic acids is 1. The number of carbonyl (C=O) groups is 1. The van der Waals surface area contributed by atoms with Crippen molar-refractivity contribution in [3.63, 3.8) is 0 Å². The SMILES string of the molecule is CC(CCCN1CC2CCCC2C1)(NC1CC1)C(=O)O. The van der Waals surface area contributed by atoms with Crippen LogP contribution in [0.25, 0.3) is 0 Å². The lowest BCUT2D eigenvalue weighted by Gasteiger charge is -2.27. The highest BCUT2D eigenvalue weighted by molar-refractivity contribution is 5.78. The Hall–Kier alpha value is -0.610. The Kier molecular flexibility index (Phi) is 4.04. The summed E-state index contributed by atoms with van der Waals surface area (Å²) in [4.78, 5) is 14.1. The van der Waals surface area contributed by atoms with E-state index >= 15 is 0 Å². The first-order valence-electron chi connectivity index (χ1n) is 8.30. The number of hydrogen-bond acceptors (Lipinski definition) is 3. The van der Waals surface area contributed by atoms with Gasteiger partial charge in [0.15, 0.2) is 0 Å². The fourth-order valence-electron chi connectivity index (χ4n) is 4.09. The number of carboxylic acid groups (broad SMARTS) is 1. The molecule has 114 valence electrons. The molecule has 3 atom stereocenters. The maximum Gasteiger partial charge on any atom is 0.323 e. The van der Waals surface area contributed by atoms with Crippen LogP contribution in [0.4, 0.5) is 0 Å². The van der Waals surface area contributed by atoms with Crippen molar-refractivity contribution in [3.05, 3.63) is 0 Å². The summed E-state index contributed by atoms with van der Waals surface area (Å²) in [6.45, 7) is 5.43. The van der Waals surface area contributed by atoms with Gasteiger partial charge in [-0.3, -0.25) is 10.1 Å². The predicted molar refractivity (Wildman–Crippen MR) is 78.7 cm³/mol. The summed E-state index contributed by atoms with van der Waals surface area (Å²) < 4.78 is 0. The highest BCUT2D eigenvalue weighted by atomic mass is 16.4. The normalized spacial score (nSPS) is 33.0. The van der Waals surface area contributed by atoms with Gasteiger partial charge in [-0.05, 0) is 63.8 Å². The van der Waals surface area contributed by atoms with Gasteiger partial charge in [0, 0.05) is 19.1 Å². The number of likely N-dealkylation sites (tertiary alicyclic amines) is 1. The molecule has 2 N–H and O–H groups in total. The third-order valence-electron chi connectivity index (χ3n) is 5.53. The van der Waals surface area contributed by atoms with Crippen LogP contribution >= 0.6 is 0 Å². The van der Waals surface area contributed by atoms with Gasteiger partial charge in [0.25, 0.3) is 0 Å². The van der Waals surface area contributed by atoms with Crippen LogP contribution in [0.2, 0.25) is 0 Å². The van der Waals surface area contributed by atoms with Gasteiger partial charge in [-0.2, -0.15) is 0 Å². The molecule has 0 aromatic rings. The zero-order valence-corrected chi connectivity index (χ0v) is 12.6. The number of rotatable bonds is 7. The van der Waals surface area contributed by atoms with E-state index in [1.165, 1.54) is 32.4 Å². The molecule has 1 aliphatic heterocycles. The van der Waals surface area contributed by atoms with E-state index in [4.69, 9.17) is 0 Å². The topological polar surface area (TPSA) is 52.6 Å². The van der Waals surface area contributed by atoms with Crippen LogP contribution in [0.15, 0.2) is 0 Å². The molecule has 3 rings (SSSR count). The van der Waals surface area contributed by atoms with Crippen molar-refractivity contribution in [1.29, 1.82) is 0 Å². The molecule has 3 aliphatic rings. The van der Waals surface area contributed by atoms with Gasteiger partial charge in [0.2, 0.25) is 0 Å². The molecule has 0 bridgehead atoms. The Labute approximate surface area is 121 Å². The van der Waals surface area contributed by atoms with E-state index in [-0.39, 0.29) is 0 Å². The van der Waals surface area contributed by atoms with Crippen molar-refractivity contribution in [2.45, 2.75) is 63.5 Å². The molecule has 0 amide bonds. The Morgan fingerprint density at radius 1 is 1.25 bits per heavy atom. The van der Waals surface area contributed by atoms with Gasteiger partial charge >= 0.3 is 5.97 Å². The first-order chi connectivity index (χ1) is 9.57. The molecule has 2 aliphatic carbocycles. The zero-order chi connectivity index (χ0) is 14.2. The Morgan fingerprint density at radius 3 is 2.45 bits per heavy atom. The fourth-order valence-corrected chi connectivity index (χ4v) is 4.09. The Bertz CT molecular complexity index is 357. The molecule has 0 aromatic carbocycles. The van der Waals surface area contributed by atoms with Crippen LogP contribution in [-0.4, -0.2) is 47.2 Å². The summed E-state index contributed by atoms with van der Waals surface area (Å²) in [7, 11) is 0. The lowest BCUT2D eigenvalue weighted by atomic mass is 9.95. The van der Waals surface area contributed by atoms with Gasteiger partial charge < -0.3 is 10.0 Å². The van der Waals surface area contributed by atoms with Crippen LogP contribution in [0, 0.1) is 11.8 Å². The van der Waals surface area contributed by atoms with Crippen molar-refractivity contribution < 1.29 is 9.90 Å². The van der Waals surface area contributed by atoms with Gasteiger partial charge in [0.05, 0.1) is 0 Å². The van der Waals surface area contributed by atoms with Crippen molar-refractivity contribution in [2.24, 2.45) is 11.8 Å². The molecule has 2 saturated carbocycles. The third kappa shape index (κ3) is 3.17. The van der Waals surface area contributed by atoms with E-state index in [9.17, 15) is 9.90 Å². The molecule has 4 nitrogen and oxygen atoms in total. The van der Waals surface area contributed by atoms with Crippen LogP contribution in [0.3, 0.4) is 0 Å². The minimum Gasteiger partial charge on any atom is -0.480 e. The van der Waals surface area contributed by atoms with E-state index in [0.717, 1.165) is 44.1 Å². The summed E-state index contributed by atoms with van der Waals surface area (Å²) in [5.74, 6) is 1.18. The number of nitrogens with zero attached hydrogens (tertiary/aromatic N) is 1. The van der Waals surface area contributed by atoms with Crippen LogP contribution in [0.5, 0.6) is 0 Å². The fraction of sp³-hybridized carbons (Fsp3) is 0.938. The molecule has 4 heteroatoms. The summed E-state index contributed by atoms with van der Waals surface area (Å²) in [5, 5.41) is 12.8. The molecule has 0 aromatic heterocycles. The number of fused-ring (bicyclic) bond motifs is 1. The first kappa shape index (κ1) is 14.3. The smallest absolute Gasteiger partial charge is 0.323 e. The predicted octanol–water partition coefficient (Wildman–Crippen LogP) is 2.09. The van der Waals surface area contributed by atoms with Crippen LogP contribution in [0.1, 0.15) is 51.9 Å². The highest BCUT2D eigenvalue weighted by Crippen LogP contribution is 2.37. The van der Waals surface area contributed by atoms with Crippen molar-refractivity contribution in [3.8, 4) is 0 Å². The van der Waals surface area contributed by atoms with E-state index in [1.54, 1.807) is 0 Å². The zero-order valence-electron chi connectivity index (χ0n) is 12.6. The van der Waals surface area contributed by atoms with Crippen LogP contribution < -0.4 is 5.32 Å². The second kappa shape index (κ2) is 5.64. The highest BCUT2D eigenvalue weighted by Gasteiger charge is 2.39. The van der Waals surface area contributed by atoms with Gasteiger partial charge in [-0.15, -0.1) is 0 Å². The van der Waals surface area contributed by atoms with Gasteiger partial charge in [-0.1, -0.05) is 6.42 Å². The van der Waals surface area contributed by atoms with Gasteiger partial charge in [0.1, 0.15) is 5.54 Å². The summed E-state index contributed by atoms with van der Waals surface area (Å²) >= 11 is 0. The van der Waals surface area contributed by atoms with Crippen molar-refractivity contribution in [2.75, 3.05) is 19.6 Å². The molecule has 1 saturated heterocycles. The monoisotopic (exact) mass is 280 g/mol. The lowest BCUT2D eigenvalue weighted by molar-refractivity contribution is -0.144. The number of carboxylic acids is 1. The molecule has 0 spiro atoms. The summed E-state index contributed by atoms with van der Waals surface area (Å²) in [6, 6.07) is 0.447. The van der Waals surface area contributed by atoms with Crippen LogP contribution in [-0.2, 0) is 4.79 Å². The van der Waals surface area contributed by atoms with E-state index < -0.39 is 11.5 Å². The average Bonchev–Trinajstić information content (AvgIpc) is 2.94. The molecule has 1 heterocycles. The van der Waals surface area contributed by atoms with Gasteiger partial charge in [-0.25, -0.2) is 0 Å². The van der Waals surface area contributed by atoms with E-state index in [0.29, 0.717) is 6.04 Å². The molecular weight excluding hydrogens is 252 g/mol. The average molecular weight is 280 g/mol. The van der Waals surface area contributed by atoms with Crippen molar-refractivity contribution in [1.82, 2.24) is 10.2 Å². The second-order valence-corrected chi connectivity index (χ2v) is 7.37. The van der Waals surface area contributed by atoms with Crippen molar-refractivity contribution >= 4 is 5.97 Å². The minimum absolute atomic E-state index is 0.447. The molecular formula is C16H28N2O2. The quantitative estimate of drug-likeness (QED) is 0.750. The summed E-state index contributed by atoms with van der Waals surface area (Å²) in [6.07, 6.45) is 8.25. The number of nitrogens with one attached hydrogen (secondary N) is 1. The number of hydrogen-bond donors (Lipinski definition) is 2. The molecule has 3 fully saturated rings. The lowest BCUT2D eigenvalue weighted by Crippen LogP contribution is -2.50. The molecule has 3 unspecified atom stereocenters. The Morgan fingerprint density at radius 2 is 1.90 bits per heavy atom. The largest absolute Gasteiger partial charge is 0.480 e. The standard InChI is InChI=1S/C16H28N2O2/c1-16(15(19)20,17-14-6-7-14)8-3-9-18-10-12-4-2-5-13(12)11-18/h12-14,17H,2-11H2,1H3,(H,19,20). The third-order valence-corrected chi connectivity index (χ3v) is 5.53. The Balaban J connectivity index is 1.42. The minimum atomic E-state index is -0.725. The molecule has 0 radical (unpaired) electrons. The first-order valence-corrected chi connectivity index (χ1v) is 8.30. The molecule has 20 heavy (non-hydrogen) atoms. The summed E-state index contributed by atoms with van der Waals surface area (Å²) in [5.41, 5.74) is -0.725.